The van der Waals surface area contributed by atoms with Gasteiger partial charge in [0.1, 0.15) is 0 Å². The molecule has 0 fully saturated rings. The van der Waals surface area contributed by atoms with Crippen LogP contribution in [0.4, 0.5) is 5.69 Å². The Morgan fingerprint density at radius 3 is 2.26 bits per heavy atom. The highest BCUT2D eigenvalue weighted by Crippen LogP contribution is 2.26. The molecule has 1 heterocycles. The third-order valence-electron chi connectivity index (χ3n) is 4.13. The summed E-state index contributed by atoms with van der Waals surface area (Å²) in [6.07, 6.45) is 0. The van der Waals surface area contributed by atoms with Gasteiger partial charge in [0.15, 0.2) is 11.0 Å². The molecule has 0 radical (unpaired) electrons. The molecule has 0 aliphatic rings. The summed E-state index contributed by atoms with van der Waals surface area (Å²) in [5.74, 6) is 1.17. The van der Waals surface area contributed by atoms with E-state index >= 15 is 0 Å². The number of rotatable bonds is 8. The summed E-state index contributed by atoms with van der Waals surface area (Å²) >= 11 is 1.42. The van der Waals surface area contributed by atoms with Crippen LogP contribution in [-0.4, -0.2) is 45.1 Å². The van der Waals surface area contributed by atoms with Crippen LogP contribution in [0.15, 0.2) is 29.4 Å². The standard InChI is InChI=1S/C20H31N5OS/c1-7-24(8-2)16-12-10-15(11-13-16)18-22-23-19(25(18)9-3)27-14-17(26)21-20(4,5)6/h10-13H,7-9,14H2,1-6H3,(H,21,26). The molecule has 0 saturated heterocycles. The average Bonchev–Trinajstić information content (AvgIpc) is 3.03. The molecule has 0 unspecified atom stereocenters. The van der Waals surface area contributed by atoms with Crippen molar-refractivity contribution in [1.29, 1.82) is 0 Å². The molecule has 27 heavy (non-hydrogen) atoms. The number of nitrogens with zero attached hydrogens (tertiary/aromatic N) is 4. The van der Waals surface area contributed by atoms with Crippen molar-refractivity contribution in [2.45, 2.75) is 58.8 Å². The Bertz CT molecular complexity index is 745. The highest BCUT2D eigenvalue weighted by molar-refractivity contribution is 7.99. The molecule has 0 bridgehead atoms. The van der Waals surface area contributed by atoms with Crippen molar-refractivity contribution in [1.82, 2.24) is 20.1 Å². The maximum Gasteiger partial charge on any atom is 0.230 e. The lowest BCUT2D eigenvalue weighted by Crippen LogP contribution is -2.41. The van der Waals surface area contributed by atoms with E-state index in [4.69, 9.17) is 0 Å². The fraction of sp³-hybridized carbons (Fsp3) is 0.550. The molecule has 0 spiro atoms. The first-order chi connectivity index (χ1) is 12.8. The fourth-order valence-electron chi connectivity index (χ4n) is 2.89. The van der Waals surface area contributed by atoms with Crippen LogP contribution in [0, 0.1) is 0 Å². The molecule has 2 rings (SSSR count). The zero-order valence-electron chi connectivity index (χ0n) is 17.2. The van der Waals surface area contributed by atoms with Gasteiger partial charge in [-0.05, 0) is 65.8 Å². The fourth-order valence-corrected chi connectivity index (χ4v) is 3.69. The van der Waals surface area contributed by atoms with Crippen molar-refractivity contribution in [2.24, 2.45) is 0 Å². The molecule has 0 aliphatic carbocycles. The number of amides is 1. The Hall–Kier alpha value is -2.02. The van der Waals surface area contributed by atoms with E-state index in [-0.39, 0.29) is 11.4 Å². The summed E-state index contributed by atoms with van der Waals surface area (Å²) < 4.78 is 2.06. The van der Waals surface area contributed by atoms with E-state index < -0.39 is 0 Å². The molecule has 0 aliphatic heterocycles. The number of hydrogen-bond donors (Lipinski definition) is 1. The van der Waals surface area contributed by atoms with Gasteiger partial charge >= 0.3 is 0 Å². The van der Waals surface area contributed by atoms with Crippen molar-refractivity contribution in [2.75, 3.05) is 23.7 Å². The minimum atomic E-state index is -0.228. The largest absolute Gasteiger partial charge is 0.372 e. The molecule has 6 nitrogen and oxygen atoms in total. The van der Waals surface area contributed by atoms with Gasteiger partial charge in [-0.25, -0.2) is 0 Å². The minimum absolute atomic E-state index is 0.00304. The predicted molar refractivity (Wildman–Crippen MR) is 113 cm³/mol. The van der Waals surface area contributed by atoms with Gasteiger partial charge in [-0.2, -0.15) is 0 Å². The molecule has 7 heteroatoms. The van der Waals surface area contributed by atoms with E-state index in [0.29, 0.717) is 5.75 Å². The first kappa shape index (κ1) is 21.3. The van der Waals surface area contributed by atoms with Gasteiger partial charge in [0.25, 0.3) is 0 Å². The minimum Gasteiger partial charge on any atom is -0.372 e. The molecule has 1 aromatic heterocycles. The van der Waals surface area contributed by atoms with E-state index in [1.807, 2.05) is 20.8 Å². The van der Waals surface area contributed by atoms with E-state index in [0.717, 1.165) is 36.2 Å². The Balaban J connectivity index is 2.14. The van der Waals surface area contributed by atoms with Gasteiger partial charge in [-0.3, -0.25) is 4.79 Å². The van der Waals surface area contributed by atoms with Crippen LogP contribution in [-0.2, 0) is 11.3 Å². The Morgan fingerprint density at radius 2 is 1.74 bits per heavy atom. The van der Waals surface area contributed by atoms with E-state index in [1.54, 1.807) is 0 Å². The Morgan fingerprint density at radius 1 is 1.11 bits per heavy atom. The highest BCUT2D eigenvalue weighted by Gasteiger charge is 2.17. The molecular formula is C20H31N5OS. The van der Waals surface area contributed by atoms with E-state index in [1.165, 1.54) is 17.4 Å². The zero-order valence-corrected chi connectivity index (χ0v) is 18.1. The second-order valence-electron chi connectivity index (χ2n) is 7.36. The molecule has 2 aromatic rings. The van der Waals surface area contributed by atoms with Gasteiger partial charge < -0.3 is 14.8 Å². The second kappa shape index (κ2) is 9.26. The molecule has 1 amide bonds. The molecule has 0 atom stereocenters. The number of hydrogen-bond acceptors (Lipinski definition) is 5. The van der Waals surface area contributed by atoms with Crippen LogP contribution < -0.4 is 10.2 Å². The Kier molecular flexibility index (Phi) is 7.30. The number of thioether (sulfide) groups is 1. The number of benzene rings is 1. The van der Waals surface area contributed by atoms with Crippen LogP contribution in [0.5, 0.6) is 0 Å². The lowest BCUT2D eigenvalue weighted by Gasteiger charge is -2.21. The normalized spacial score (nSPS) is 11.5. The molecule has 1 N–H and O–H groups in total. The summed E-state index contributed by atoms with van der Waals surface area (Å²) in [5, 5.41) is 12.4. The maximum atomic E-state index is 12.1. The SMILES string of the molecule is CCN(CC)c1ccc(-c2nnc(SCC(=O)NC(C)(C)C)n2CC)cc1. The van der Waals surface area contributed by atoms with Crippen LogP contribution in [0.3, 0.4) is 0 Å². The first-order valence-electron chi connectivity index (χ1n) is 9.51. The van der Waals surface area contributed by atoms with Crippen LogP contribution >= 0.6 is 11.8 Å². The monoisotopic (exact) mass is 389 g/mol. The molecular weight excluding hydrogens is 358 g/mol. The lowest BCUT2D eigenvalue weighted by atomic mass is 10.1. The number of aromatic nitrogens is 3. The highest BCUT2D eigenvalue weighted by atomic mass is 32.2. The van der Waals surface area contributed by atoms with Crippen molar-refractivity contribution in [3.8, 4) is 11.4 Å². The van der Waals surface area contributed by atoms with Gasteiger partial charge in [0.2, 0.25) is 5.91 Å². The second-order valence-corrected chi connectivity index (χ2v) is 8.30. The number of anilines is 1. The van der Waals surface area contributed by atoms with Crippen LogP contribution in [0.2, 0.25) is 0 Å². The Labute approximate surface area is 166 Å². The van der Waals surface area contributed by atoms with E-state index in [2.05, 4.69) is 70.0 Å². The summed E-state index contributed by atoms with van der Waals surface area (Å²) in [6.45, 7) is 15.0. The van der Waals surface area contributed by atoms with Gasteiger partial charge in [0.05, 0.1) is 5.75 Å². The summed E-state index contributed by atoms with van der Waals surface area (Å²) in [4.78, 5) is 14.4. The molecule has 148 valence electrons. The third-order valence-corrected chi connectivity index (χ3v) is 5.10. The van der Waals surface area contributed by atoms with Gasteiger partial charge in [0, 0.05) is 36.4 Å². The third kappa shape index (κ3) is 5.73. The summed E-state index contributed by atoms with van der Waals surface area (Å²) in [7, 11) is 0. The van der Waals surface area contributed by atoms with Gasteiger partial charge in [-0.15, -0.1) is 10.2 Å². The maximum absolute atomic E-state index is 12.1. The average molecular weight is 390 g/mol. The predicted octanol–water partition coefficient (Wildman–Crippen LogP) is 3.82. The zero-order chi connectivity index (χ0) is 20.0. The van der Waals surface area contributed by atoms with E-state index in [9.17, 15) is 4.79 Å². The number of carbonyl (C=O) groups is 1. The summed E-state index contributed by atoms with van der Waals surface area (Å²) in [6, 6.07) is 8.43. The van der Waals surface area contributed by atoms with Gasteiger partial charge in [-0.1, -0.05) is 11.8 Å². The van der Waals surface area contributed by atoms with Crippen molar-refractivity contribution >= 4 is 23.4 Å². The van der Waals surface area contributed by atoms with Crippen LogP contribution in [0.25, 0.3) is 11.4 Å². The topological polar surface area (TPSA) is 63.1 Å². The molecule has 0 saturated carbocycles. The smallest absolute Gasteiger partial charge is 0.230 e. The molecule has 1 aromatic carbocycles. The van der Waals surface area contributed by atoms with Crippen molar-refractivity contribution in [3.63, 3.8) is 0 Å². The lowest BCUT2D eigenvalue weighted by molar-refractivity contribution is -0.119. The quantitative estimate of drug-likeness (QED) is 0.696. The van der Waals surface area contributed by atoms with Crippen molar-refractivity contribution < 1.29 is 4.79 Å². The number of carbonyl (C=O) groups excluding carboxylic acids is 1. The first-order valence-corrected chi connectivity index (χ1v) is 10.5. The van der Waals surface area contributed by atoms with Crippen LogP contribution in [0.1, 0.15) is 41.5 Å². The number of nitrogens with one attached hydrogen (secondary N) is 1. The summed E-state index contributed by atoms with van der Waals surface area (Å²) in [5.41, 5.74) is 2.01. The van der Waals surface area contributed by atoms with Crippen molar-refractivity contribution in [3.05, 3.63) is 24.3 Å².